The average Bonchev–Trinajstić information content (AvgIpc) is 2.44. The molecule has 1 heterocycles. The Morgan fingerprint density at radius 2 is 1.55 bits per heavy atom. The predicted molar refractivity (Wildman–Crippen MR) is 83.1 cm³/mol. The quantitative estimate of drug-likeness (QED) is 0.505. The summed E-state index contributed by atoms with van der Waals surface area (Å²) < 4.78 is 0. The highest BCUT2D eigenvalue weighted by Crippen LogP contribution is 2.31. The molecule has 1 rings (SSSR count). The fourth-order valence-electron chi connectivity index (χ4n) is 1.79. The van der Waals surface area contributed by atoms with E-state index < -0.39 is 0 Å². The van der Waals surface area contributed by atoms with Crippen molar-refractivity contribution in [3.05, 3.63) is 22.5 Å². The molecule has 0 aliphatic carbocycles. The Balaban J connectivity index is 3.01. The van der Waals surface area contributed by atoms with Crippen LogP contribution in [0.3, 0.4) is 0 Å². The van der Waals surface area contributed by atoms with E-state index in [2.05, 4.69) is 4.98 Å². The largest absolute Gasteiger partial charge is 0.506 e. The molecule has 0 saturated heterocycles. The number of nitrogens with zero attached hydrogens (tertiary/aromatic N) is 1. The SMILES string of the molecule is Cc1nc(CSCCO)c(CSCCO)c(CO)c1O. The molecule has 1 aromatic heterocycles. The number of aromatic nitrogens is 1. The minimum atomic E-state index is -0.234. The number of hydrogen-bond donors (Lipinski definition) is 4. The molecule has 0 spiro atoms. The lowest BCUT2D eigenvalue weighted by atomic mass is 10.1. The zero-order valence-corrected chi connectivity index (χ0v) is 13.1. The van der Waals surface area contributed by atoms with Gasteiger partial charge in [0.2, 0.25) is 0 Å². The van der Waals surface area contributed by atoms with Crippen LogP contribution in [0, 0.1) is 6.92 Å². The Morgan fingerprint density at radius 1 is 0.950 bits per heavy atom. The number of rotatable bonds is 9. The van der Waals surface area contributed by atoms with E-state index in [4.69, 9.17) is 10.2 Å². The fraction of sp³-hybridized carbons (Fsp3) is 0.615. The highest BCUT2D eigenvalue weighted by Gasteiger charge is 2.16. The molecule has 1 aromatic rings. The van der Waals surface area contributed by atoms with Crippen molar-refractivity contribution < 1.29 is 20.4 Å². The Morgan fingerprint density at radius 3 is 2.10 bits per heavy atom. The van der Waals surface area contributed by atoms with E-state index in [0.29, 0.717) is 34.3 Å². The first kappa shape index (κ1) is 17.6. The summed E-state index contributed by atoms with van der Waals surface area (Å²) in [6.07, 6.45) is 0. The standard InChI is InChI=1S/C13H21NO4S2/c1-9-13(18)10(6-17)11(7-19-4-2-15)12(14-9)8-20-5-3-16/h15-18H,2-8H2,1H3. The van der Waals surface area contributed by atoms with Gasteiger partial charge in [0, 0.05) is 28.6 Å². The monoisotopic (exact) mass is 319 g/mol. The van der Waals surface area contributed by atoms with Crippen LogP contribution in [0.25, 0.3) is 0 Å². The second-order valence-electron chi connectivity index (χ2n) is 4.16. The third kappa shape index (κ3) is 4.82. The van der Waals surface area contributed by atoms with Crippen LogP contribution >= 0.6 is 23.5 Å². The molecule has 0 unspecified atom stereocenters. The van der Waals surface area contributed by atoms with Crippen LogP contribution in [0.2, 0.25) is 0 Å². The summed E-state index contributed by atoms with van der Waals surface area (Å²) in [5.74, 6) is 2.49. The molecule has 0 aromatic carbocycles. The summed E-state index contributed by atoms with van der Waals surface area (Å²) in [6.45, 7) is 1.68. The van der Waals surface area contributed by atoms with Gasteiger partial charge in [-0.05, 0) is 12.5 Å². The van der Waals surface area contributed by atoms with E-state index in [1.54, 1.807) is 18.7 Å². The third-order valence-electron chi connectivity index (χ3n) is 2.76. The van der Waals surface area contributed by atoms with Crippen molar-refractivity contribution in [3.63, 3.8) is 0 Å². The third-order valence-corrected chi connectivity index (χ3v) is 4.67. The Bertz CT molecular complexity index is 429. The molecule has 20 heavy (non-hydrogen) atoms. The van der Waals surface area contributed by atoms with Crippen LogP contribution in [-0.2, 0) is 18.1 Å². The zero-order chi connectivity index (χ0) is 15.0. The van der Waals surface area contributed by atoms with E-state index in [-0.39, 0.29) is 25.6 Å². The van der Waals surface area contributed by atoms with Gasteiger partial charge in [0.25, 0.3) is 0 Å². The first-order valence-corrected chi connectivity index (χ1v) is 8.64. The van der Waals surface area contributed by atoms with Crippen LogP contribution in [-0.4, -0.2) is 50.1 Å². The van der Waals surface area contributed by atoms with Gasteiger partial charge in [0.15, 0.2) is 0 Å². The van der Waals surface area contributed by atoms with Gasteiger partial charge in [-0.15, -0.1) is 0 Å². The molecule has 7 heteroatoms. The van der Waals surface area contributed by atoms with Crippen LogP contribution in [0.1, 0.15) is 22.5 Å². The molecule has 0 aliphatic rings. The number of aliphatic hydroxyl groups is 3. The first-order chi connectivity index (χ1) is 9.65. The van der Waals surface area contributed by atoms with Gasteiger partial charge in [0.05, 0.1) is 31.2 Å². The maximum atomic E-state index is 10.0. The summed E-state index contributed by atoms with van der Waals surface area (Å²) in [5.41, 5.74) is 2.68. The molecule has 0 saturated carbocycles. The molecule has 0 amide bonds. The summed E-state index contributed by atoms with van der Waals surface area (Å²) in [7, 11) is 0. The fourth-order valence-corrected chi connectivity index (χ4v) is 3.31. The summed E-state index contributed by atoms with van der Waals surface area (Å²) in [4.78, 5) is 4.39. The predicted octanol–water partition coefficient (Wildman–Crippen LogP) is 1.04. The summed E-state index contributed by atoms with van der Waals surface area (Å²) >= 11 is 3.09. The van der Waals surface area contributed by atoms with Crippen molar-refractivity contribution in [2.24, 2.45) is 0 Å². The van der Waals surface area contributed by atoms with Crippen molar-refractivity contribution in [1.82, 2.24) is 4.98 Å². The highest BCUT2D eigenvalue weighted by atomic mass is 32.2. The molecular weight excluding hydrogens is 298 g/mol. The van der Waals surface area contributed by atoms with Crippen molar-refractivity contribution in [2.45, 2.75) is 25.0 Å². The molecule has 4 N–H and O–H groups in total. The van der Waals surface area contributed by atoms with Crippen LogP contribution in [0.4, 0.5) is 0 Å². The lowest BCUT2D eigenvalue weighted by molar-refractivity contribution is 0.273. The second-order valence-corrected chi connectivity index (χ2v) is 6.37. The number of aromatic hydroxyl groups is 1. The van der Waals surface area contributed by atoms with E-state index >= 15 is 0 Å². The van der Waals surface area contributed by atoms with Crippen molar-refractivity contribution >= 4 is 23.5 Å². The average molecular weight is 319 g/mol. The zero-order valence-electron chi connectivity index (χ0n) is 11.5. The van der Waals surface area contributed by atoms with Crippen LogP contribution < -0.4 is 0 Å². The van der Waals surface area contributed by atoms with Gasteiger partial charge in [-0.1, -0.05) is 0 Å². The first-order valence-electron chi connectivity index (χ1n) is 6.33. The number of aryl methyl sites for hydroxylation is 1. The second kappa shape index (κ2) is 9.46. The maximum Gasteiger partial charge on any atom is 0.142 e. The number of thioether (sulfide) groups is 2. The number of hydrogen-bond acceptors (Lipinski definition) is 7. The van der Waals surface area contributed by atoms with Crippen LogP contribution in [0.5, 0.6) is 5.75 Å². The van der Waals surface area contributed by atoms with E-state index in [1.807, 2.05) is 0 Å². The number of pyridine rings is 1. The Labute approximate surface area is 127 Å². The van der Waals surface area contributed by atoms with E-state index in [9.17, 15) is 10.2 Å². The minimum absolute atomic E-state index is 0.0445. The molecule has 5 nitrogen and oxygen atoms in total. The van der Waals surface area contributed by atoms with Gasteiger partial charge < -0.3 is 20.4 Å². The van der Waals surface area contributed by atoms with Crippen molar-refractivity contribution in [3.8, 4) is 5.75 Å². The molecule has 0 fully saturated rings. The van der Waals surface area contributed by atoms with E-state index in [0.717, 1.165) is 11.3 Å². The molecular formula is C13H21NO4S2. The molecule has 0 radical (unpaired) electrons. The van der Waals surface area contributed by atoms with Gasteiger partial charge in [0.1, 0.15) is 5.75 Å². The topological polar surface area (TPSA) is 93.8 Å². The van der Waals surface area contributed by atoms with Crippen molar-refractivity contribution in [1.29, 1.82) is 0 Å². The lowest BCUT2D eigenvalue weighted by Gasteiger charge is -2.16. The van der Waals surface area contributed by atoms with Crippen LogP contribution in [0.15, 0.2) is 0 Å². The Hall–Kier alpha value is -0.470. The summed E-state index contributed by atoms with van der Waals surface area (Å²) in [5, 5.41) is 37.2. The molecule has 0 aliphatic heterocycles. The van der Waals surface area contributed by atoms with Gasteiger partial charge in [-0.3, -0.25) is 4.98 Å². The maximum absolute atomic E-state index is 10.0. The Kier molecular flexibility index (Phi) is 8.32. The van der Waals surface area contributed by atoms with Gasteiger partial charge >= 0.3 is 0 Å². The van der Waals surface area contributed by atoms with Gasteiger partial charge in [-0.2, -0.15) is 23.5 Å². The number of aliphatic hydroxyl groups excluding tert-OH is 3. The van der Waals surface area contributed by atoms with Gasteiger partial charge in [-0.25, -0.2) is 0 Å². The smallest absolute Gasteiger partial charge is 0.142 e. The molecule has 0 atom stereocenters. The minimum Gasteiger partial charge on any atom is -0.506 e. The van der Waals surface area contributed by atoms with Crippen molar-refractivity contribution in [2.75, 3.05) is 24.7 Å². The summed E-state index contributed by atoms with van der Waals surface area (Å²) in [6, 6.07) is 0. The normalized spacial score (nSPS) is 11.0. The lowest BCUT2D eigenvalue weighted by Crippen LogP contribution is -2.06. The molecule has 0 bridgehead atoms. The highest BCUT2D eigenvalue weighted by molar-refractivity contribution is 7.98. The molecule has 114 valence electrons. The van der Waals surface area contributed by atoms with E-state index in [1.165, 1.54) is 11.8 Å².